The van der Waals surface area contributed by atoms with E-state index in [1.807, 2.05) is 18.2 Å². The predicted octanol–water partition coefficient (Wildman–Crippen LogP) is 1.44. The van der Waals surface area contributed by atoms with E-state index in [1.54, 1.807) is 21.3 Å². The lowest BCUT2D eigenvalue weighted by Crippen LogP contribution is -2.17. The summed E-state index contributed by atoms with van der Waals surface area (Å²) in [7, 11) is 4.83. The third-order valence-electron chi connectivity index (χ3n) is 2.26. The molecule has 0 aliphatic rings. The van der Waals surface area contributed by atoms with E-state index in [2.05, 4.69) is 0 Å². The maximum absolute atomic E-state index is 5.84. The van der Waals surface area contributed by atoms with Crippen molar-refractivity contribution in [3.05, 3.63) is 23.8 Å². The fourth-order valence-electron chi connectivity index (χ4n) is 1.33. The summed E-state index contributed by atoms with van der Waals surface area (Å²) >= 11 is 0. The van der Waals surface area contributed by atoms with Crippen LogP contribution in [-0.4, -0.2) is 27.6 Å². The first-order valence-electron chi connectivity index (χ1n) is 4.69. The van der Waals surface area contributed by atoms with Gasteiger partial charge >= 0.3 is 0 Å². The third kappa shape index (κ3) is 3.11. The molecular formula is C11H17NO3. The van der Waals surface area contributed by atoms with Gasteiger partial charge in [-0.2, -0.15) is 0 Å². The van der Waals surface area contributed by atoms with Gasteiger partial charge < -0.3 is 19.9 Å². The van der Waals surface area contributed by atoms with Crippen molar-refractivity contribution in [3.63, 3.8) is 0 Å². The molecular weight excluding hydrogens is 194 g/mol. The third-order valence-corrected chi connectivity index (χ3v) is 2.26. The minimum atomic E-state index is -0.278. The molecule has 0 saturated carbocycles. The topological polar surface area (TPSA) is 53.7 Å². The molecule has 0 radical (unpaired) electrons. The number of methoxy groups -OCH3 is 3. The van der Waals surface area contributed by atoms with E-state index in [9.17, 15) is 0 Å². The Morgan fingerprint density at radius 2 is 1.87 bits per heavy atom. The fourth-order valence-corrected chi connectivity index (χ4v) is 1.33. The second-order valence-electron chi connectivity index (χ2n) is 3.17. The molecule has 4 heteroatoms. The van der Waals surface area contributed by atoms with Crippen LogP contribution in [0.2, 0.25) is 0 Å². The second-order valence-corrected chi connectivity index (χ2v) is 3.17. The monoisotopic (exact) mass is 211 g/mol. The first kappa shape index (κ1) is 11.8. The summed E-state index contributed by atoms with van der Waals surface area (Å²) in [5.41, 5.74) is 7.51. The molecule has 0 spiro atoms. The Morgan fingerprint density at radius 1 is 1.20 bits per heavy atom. The number of nitrogens with two attached hydrogens (primary N) is 1. The number of rotatable bonds is 5. The highest BCUT2D eigenvalue weighted by molar-refractivity contribution is 5.50. The van der Waals surface area contributed by atoms with Gasteiger partial charge in [-0.1, -0.05) is 0 Å². The Morgan fingerprint density at radius 3 is 2.40 bits per heavy atom. The quantitative estimate of drug-likeness (QED) is 0.591. The van der Waals surface area contributed by atoms with Crippen LogP contribution in [-0.2, 0) is 15.9 Å². The van der Waals surface area contributed by atoms with Crippen LogP contribution in [0.15, 0.2) is 18.2 Å². The summed E-state index contributed by atoms with van der Waals surface area (Å²) < 4.78 is 15.3. The maximum Gasteiger partial charge on any atom is 0.160 e. The largest absolute Gasteiger partial charge is 0.497 e. The zero-order valence-corrected chi connectivity index (χ0v) is 9.32. The van der Waals surface area contributed by atoms with E-state index >= 15 is 0 Å². The summed E-state index contributed by atoms with van der Waals surface area (Å²) in [4.78, 5) is 0. The molecule has 1 aromatic rings. The van der Waals surface area contributed by atoms with Crippen LogP contribution >= 0.6 is 0 Å². The van der Waals surface area contributed by atoms with Gasteiger partial charge in [-0.25, -0.2) is 0 Å². The molecule has 0 heterocycles. The minimum Gasteiger partial charge on any atom is -0.497 e. The molecule has 0 aliphatic carbocycles. The maximum atomic E-state index is 5.84. The molecule has 0 unspecified atom stereocenters. The van der Waals surface area contributed by atoms with Crippen molar-refractivity contribution in [3.8, 4) is 5.75 Å². The molecule has 1 aromatic carbocycles. The highest BCUT2D eigenvalue weighted by Crippen LogP contribution is 2.21. The Balaban J connectivity index is 2.82. The second kappa shape index (κ2) is 5.58. The van der Waals surface area contributed by atoms with Gasteiger partial charge in [0.15, 0.2) is 6.29 Å². The molecule has 15 heavy (non-hydrogen) atoms. The Hall–Kier alpha value is -1.26. The van der Waals surface area contributed by atoms with Crippen LogP contribution < -0.4 is 10.5 Å². The highest BCUT2D eigenvalue weighted by Gasteiger charge is 2.09. The zero-order chi connectivity index (χ0) is 11.3. The van der Waals surface area contributed by atoms with Crippen molar-refractivity contribution in [1.29, 1.82) is 0 Å². The van der Waals surface area contributed by atoms with Gasteiger partial charge in [-0.15, -0.1) is 0 Å². The molecule has 0 fully saturated rings. The molecule has 0 bridgehead atoms. The van der Waals surface area contributed by atoms with E-state index < -0.39 is 0 Å². The van der Waals surface area contributed by atoms with Gasteiger partial charge in [-0.05, 0) is 23.8 Å². The highest BCUT2D eigenvalue weighted by atomic mass is 16.7. The Kier molecular flexibility index (Phi) is 4.39. The lowest BCUT2D eigenvalue weighted by Gasteiger charge is -2.15. The van der Waals surface area contributed by atoms with E-state index in [0.717, 1.165) is 17.0 Å². The van der Waals surface area contributed by atoms with Gasteiger partial charge in [0.1, 0.15) is 5.75 Å². The van der Waals surface area contributed by atoms with E-state index in [4.69, 9.17) is 19.9 Å². The zero-order valence-electron chi connectivity index (χ0n) is 9.32. The summed E-state index contributed by atoms with van der Waals surface area (Å²) in [6, 6.07) is 5.53. The lowest BCUT2D eigenvalue weighted by molar-refractivity contribution is -0.100. The number of anilines is 1. The van der Waals surface area contributed by atoms with Gasteiger partial charge in [0.25, 0.3) is 0 Å². The SMILES string of the molecule is COc1ccc(N)c(CC(OC)OC)c1. The van der Waals surface area contributed by atoms with Gasteiger partial charge in [0, 0.05) is 26.3 Å². The number of nitrogen functional groups attached to an aromatic ring is 1. The first-order valence-corrected chi connectivity index (χ1v) is 4.69. The van der Waals surface area contributed by atoms with Crippen LogP contribution in [0.25, 0.3) is 0 Å². The average molecular weight is 211 g/mol. The van der Waals surface area contributed by atoms with Crippen molar-refractivity contribution in [2.75, 3.05) is 27.1 Å². The molecule has 0 saturated heterocycles. The van der Waals surface area contributed by atoms with Crippen LogP contribution in [0.3, 0.4) is 0 Å². The van der Waals surface area contributed by atoms with E-state index in [0.29, 0.717) is 6.42 Å². The van der Waals surface area contributed by atoms with E-state index in [1.165, 1.54) is 0 Å². The Labute approximate surface area is 89.9 Å². The molecule has 0 aromatic heterocycles. The summed E-state index contributed by atoms with van der Waals surface area (Å²) in [5, 5.41) is 0. The summed E-state index contributed by atoms with van der Waals surface area (Å²) in [6.07, 6.45) is 0.329. The first-order chi connectivity index (χ1) is 7.21. The number of benzene rings is 1. The minimum absolute atomic E-state index is 0.278. The number of hydrogen-bond donors (Lipinski definition) is 1. The number of hydrogen-bond acceptors (Lipinski definition) is 4. The van der Waals surface area contributed by atoms with Crippen molar-refractivity contribution in [2.24, 2.45) is 0 Å². The average Bonchev–Trinajstić information content (AvgIpc) is 2.28. The fraction of sp³-hybridized carbons (Fsp3) is 0.455. The molecule has 84 valence electrons. The van der Waals surface area contributed by atoms with Gasteiger partial charge in [0.05, 0.1) is 7.11 Å². The summed E-state index contributed by atoms with van der Waals surface area (Å²) in [6.45, 7) is 0. The van der Waals surface area contributed by atoms with Crippen LogP contribution in [0.5, 0.6) is 5.75 Å². The molecule has 0 atom stereocenters. The van der Waals surface area contributed by atoms with Crippen molar-refractivity contribution in [2.45, 2.75) is 12.7 Å². The summed E-state index contributed by atoms with van der Waals surface area (Å²) in [5.74, 6) is 0.783. The standard InChI is InChI=1S/C11H17NO3/c1-13-9-4-5-10(12)8(6-9)7-11(14-2)15-3/h4-6,11H,7,12H2,1-3H3. The Bertz CT molecular complexity index is 311. The normalized spacial score (nSPS) is 10.7. The van der Waals surface area contributed by atoms with Gasteiger partial charge in [-0.3, -0.25) is 0 Å². The van der Waals surface area contributed by atoms with Crippen LogP contribution in [0, 0.1) is 0 Å². The van der Waals surface area contributed by atoms with E-state index in [-0.39, 0.29) is 6.29 Å². The molecule has 0 amide bonds. The van der Waals surface area contributed by atoms with Gasteiger partial charge in [0.2, 0.25) is 0 Å². The lowest BCUT2D eigenvalue weighted by atomic mass is 10.1. The van der Waals surface area contributed by atoms with Crippen LogP contribution in [0.1, 0.15) is 5.56 Å². The van der Waals surface area contributed by atoms with Crippen molar-refractivity contribution < 1.29 is 14.2 Å². The molecule has 1 rings (SSSR count). The smallest absolute Gasteiger partial charge is 0.160 e. The van der Waals surface area contributed by atoms with Crippen molar-refractivity contribution >= 4 is 5.69 Å². The molecule has 2 N–H and O–H groups in total. The van der Waals surface area contributed by atoms with Crippen LogP contribution in [0.4, 0.5) is 5.69 Å². The predicted molar refractivity (Wildman–Crippen MR) is 58.9 cm³/mol. The molecule has 0 aliphatic heterocycles. The van der Waals surface area contributed by atoms with Crippen molar-refractivity contribution in [1.82, 2.24) is 0 Å². The number of ether oxygens (including phenoxy) is 3. The molecule has 4 nitrogen and oxygen atoms in total.